The van der Waals surface area contributed by atoms with E-state index in [-0.39, 0.29) is 29.8 Å². The zero-order valence-corrected chi connectivity index (χ0v) is 18.6. The van der Waals surface area contributed by atoms with Crippen molar-refractivity contribution in [2.45, 2.75) is 77.6 Å². The van der Waals surface area contributed by atoms with Gasteiger partial charge in [0.1, 0.15) is 11.7 Å². The van der Waals surface area contributed by atoms with E-state index in [0.717, 1.165) is 45.3 Å². The molecule has 0 spiro atoms. The maximum Gasteiger partial charge on any atom is 0.245 e. The van der Waals surface area contributed by atoms with Gasteiger partial charge in [0.2, 0.25) is 11.8 Å². The fourth-order valence-electron chi connectivity index (χ4n) is 5.08. The molecule has 3 heterocycles. The third-order valence-corrected chi connectivity index (χ3v) is 6.75. The second kappa shape index (κ2) is 8.88. The first-order valence-electron chi connectivity index (χ1n) is 11.3. The highest BCUT2D eigenvalue weighted by molar-refractivity contribution is 5.89. The van der Waals surface area contributed by atoms with E-state index in [0.29, 0.717) is 25.4 Å². The van der Waals surface area contributed by atoms with Crippen molar-refractivity contribution in [3.8, 4) is 0 Å². The first kappa shape index (κ1) is 22.5. The van der Waals surface area contributed by atoms with E-state index in [1.807, 2.05) is 30.6 Å². The number of rotatable bonds is 6. The van der Waals surface area contributed by atoms with Crippen molar-refractivity contribution in [2.24, 2.45) is 11.3 Å². The molecule has 6 nitrogen and oxygen atoms in total. The van der Waals surface area contributed by atoms with Crippen LogP contribution in [-0.2, 0) is 9.59 Å². The summed E-state index contributed by atoms with van der Waals surface area (Å²) in [4.78, 5) is 29.5. The van der Waals surface area contributed by atoms with Crippen molar-refractivity contribution < 1.29 is 14.0 Å². The van der Waals surface area contributed by atoms with Crippen LogP contribution in [0.15, 0.2) is 0 Å². The van der Waals surface area contributed by atoms with Gasteiger partial charge >= 0.3 is 0 Å². The molecule has 29 heavy (non-hydrogen) atoms. The van der Waals surface area contributed by atoms with E-state index in [9.17, 15) is 14.0 Å². The second-order valence-corrected chi connectivity index (χ2v) is 10.6. The number of likely N-dealkylation sites (tertiary alicyclic amines) is 2. The van der Waals surface area contributed by atoms with E-state index < -0.39 is 11.7 Å². The molecule has 0 bridgehead atoms. The number of hydrogen-bond acceptors (Lipinski definition) is 4. The van der Waals surface area contributed by atoms with Gasteiger partial charge in [0.15, 0.2) is 0 Å². The van der Waals surface area contributed by atoms with Crippen molar-refractivity contribution >= 4 is 11.8 Å². The molecule has 166 valence electrons. The fourth-order valence-corrected chi connectivity index (χ4v) is 5.08. The van der Waals surface area contributed by atoms with Gasteiger partial charge in [0.05, 0.1) is 6.54 Å². The van der Waals surface area contributed by atoms with Gasteiger partial charge in [-0.25, -0.2) is 4.39 Å². The molecule has 7 heteroatoms. The van der Waals surface area contributed by atoms with Crippen LogP contribution < -0.4 is 10.6 Å². The van der Waals surface area contributed by atoms with Gasteiger partial charge in [-0.2, -0.15) is 0 Å². The summed E-state index contributed by atoms with van der Waals surface area (Å²) in [6.07, 6.45) is 4.71. The number of hydrogen-bond donors (Lipinski definition) is 2. The van der Waals surface area contributed by atoms with Crippen molar-refractivity contribution in [2.75, 3.05) is 39.3 Å². The smallest absolute Gasteiger partial charge is 0.245 e. The van der Waals surface area contributed by atoms with Crippen LogP contribution in [0.3, 0.4) is 0 Å². The molecular weight excluding hydrogens is 371 g/mol. The SMILES string of the molecule is CC1CCCN1C(=O)C(NC(=O)CN1CC(F)(CC2CCNCC2)C1)C(C)(C)C. The van der Waals surface area contributed by atoms with Crippen molar-refractivity contribution in [3.05, 3.63) is 0 Å². The standard InChI is InChI=1S/C22H39FN4O2/c1-16-6-5-11-27(16)20(29)19(21(2,3)4)25-18(28)13-26-14-22(23,15-26)12-17-7-9-24-10-8-17/h16-17,19,24H,5-15H2,1-4H3,(H,25,28). The topological polar surface area (TPSA) is 64.7 Å². The lowest BCUT2D eigenvalue weighted by molar-refractivity contribution is -0.141. The average molecular weight is 411 g/mol. The number of carbonyl (C=O) groups is 2. The Morgan fingerprint density at radius 3 is 2.41 bits per heavy atom. The maximum absolute atomic E-state index is 15.0. The lowest BCUT2D eigenvalue weighted by Gasteiger charge is -2.46. The summed E-state index contributed by atoms with van der Waals surface area (Å²) in [7, 11) is 0. The molecule has 2 unspecified atom stereocenters. The Hall–Kier alpha value is -1.21. The molecule has 3 rings (SSSR count). The number of carbonyl (C=O) groups excluding carboxylic acids is 2. The van der Waals surface area contributed by atoms with Crippen LogP contribution in [0.5, 0.6) is 0 Å². The summed E-state index contributed by atoms with van der Waals surface area (Å²) in [5.74, 6) is 0.266. The van der Waals surface area contributed by atoms with Gasteiger partial charge in [-0.1, -0.05) is 20.8 Å². The molecule has 2 N–H and O–H groups in total. The fraction of sp³-hybridized carbons (Fsp3) is 0.909. The van der Waals surface area contributed by atoms with Crippen LogP contribution in [-0.4, -0.2) is 78.6 Å². The normalized spacial score (nSPS) is 26.8. The molecule has 3 aliphatic rings. The van der Waals surface area contributed by atoms with Crippen molar-refractivity contribution in [1.82, 2.24) is 20.4 Å². The molecule has 3 saturated heterocycles. The highest BCUT2D eigenvalue weighted by atomic mass is 19.1. The minimum absolute atomic E-state index is 0.00482. The van der Waals surface area contributed by atoms with Crippen LogP contribution in [0.25, 0.3) is 0 Å². The largest absolute Gasteiger partial charge is 0.343 e. The Bertz CT molecular complexity index is 594. The lowest BCUT2D eigenvalue weighted by Crippen LogP contribution is -2.63. The quantitative estimate of drug-likeness (QED) is 0.702. The first-order chi connectivity index (χ1) is 13.6. The number of nitrogens with zero attached hydrogens (tertiary/aromatic N) is 2. The van der Waals surface area contributed by atoms with Crippen LogP contribution in [0.2, 0.25) is 0 Å². The van der Waals surface area contributed by atoms with E-state index in [4.69, 9.17) is 0 Å². The summed E-state index contributed by atoms with van der Waals surface area (Å²) in [5.41, 5.74) is -1.53. The molecule has 0 radical (unpaired) electrons. The molecule has 3 fully saturated rings. The van der Waals surface area contributed by atoms with Gasteiger partial charge in [-0.3, -0.25) is 14.5 Å². The Balaban J connectivity index is 1.49. The van der Waals surface area contributed by atoms with E-state index in [2.05, 4.69) is 17.6 Å². The molecule has 2 atom stereocenters. The Morgan fingerprint density at radius 1 is 1.21 bits per heavy atom. The Kier molecular flexibility index (Phi) is 6.88. The summed E-state index contributed by atoms with van der Waals surface area (Å²) in [6.45, 7) is 11.5. The zero-order valence-electron chi connectivity index (χ0n) is 18.6. The molecule has 2 amide bonds. The van der Waals surface area contributed by atoms with E-state index in [1.165, 1.54) is 0 Å². The van der Waals surface area contributed by atoms with Crippen LogP contribution in [0.1, 0.15) is 59.8 Å². The number of piperidine rings is 1. The predicted molar refractivity (Wildman–Crippen MR) is 112 cm³/mol. The minimum atomic E-state index is -1.16. The van der Waals surface area contributed by atoms with E-state index >= 15 is 0 Å². The maximum atomic E-state index is 15.0. The summed E-state index contributed by atoms with van der Waals surface area (Å²) < 4.78 is 15.0. The van der Waals surface area contributed by atoms with Gasteiger partial charge in [-0.15, -0.1) is 0 Å². The Morgan fingerprint density at radius 2 is 1.86 bits per heavy atom. The number of alkyl halides is 1. The summed E-state index contributed by atoms with van der Waals surface area (Å²) >= 11 is 0. The minimum Gasteiger partial charge on any atom is -0.343 e. The average Bonchev–Trinajstić information content (AvgIpc) is 3.03. The monoisotopic (exact) mass is 410 g/mol. The van der Waals surface area contributed by atoms with Gasteiger partial charge in [0, 0.05) is 25.7 Å². The van der Waals surface area contributed by atoms with Crippen LogP contribution in [0.4, 0.5) is 4.39 Å². The second-order valence-electron chi connectivity index (χ2n) is 10.6. The molecule has 0 aromatic carbocycles. The van der Waals surface area contributed by atoms with Crippen molar-refractivity contribution in [3.63, 3.8) is 0 Å². The van der Waals surface area contributed by atoms with Gasteiger partial charge in [0.25, 0.3) is 0 Å². The number of nitrogens with one attached hydrogen (secondary N) is 2. The molecule has 0 saturated carbocycles. The molecular formula is C22H39FN4O2. The molecule has 0 aliphatic carbocycles. The highest BCUT2D eigenvalue weighted by Crippen LogP contribution is 2.34. The summed E-state index contributed by atoms with van der Waals surface area (Å²) in [5, 5.41) is 6.28. The van der Waals surface area contributed by atoms with Gasteiger partial charge < -0.3 is 15.5 Å². The first-order valence-corrected chi connectivity index (χ1v) is 11.3. The third-order valence-electron chi connectivity index (χ3n) is 6.75. The molecule has 0 aromatic rings. The predicted octanol–water partition coefficient (Wildman–Crippen LogP) is 1.94. The van der Waals surface area contributed by atoms with Crippen LogP contribution in [0, 0.1) is 11.3 Å². The third kappa shape index (κ3) is 5.69. The van der Waals surface area contributed by atoms with Crippen LogP contribution >= 0.6 is 0 Å². The zero-order chi connectivity index (χ0) is 21.2. The number of halogens is 1. The van der Waals surface area contributed by atoms with Crippen molar-refractivity contribution in [1.29, 1.82) is 0 Å². The Labute approximate surface area is 174 Å². The molecule has 3 aliphatic heterocycles. The molecule has 0 aromatic heterocycles. The highest BCUT2D eigenvalue weighted by Gasteiger charge is 2.46. The summed E-state index contributed by atoms with van der Waals surface area (Å²) in [6, 6.07) is -0.330. The lowest BCUT2D eigenvalue weighted by atomic mass is 9.81. The number of amides is 2. The van der Waals surface area contributed by atoms with Gasteiger partial charge in [-0.05, 0) is 63.5 Å². The van der Waals surface area contributed by atoms with E-state index in [1.54, 1.807) is 0 Å².